The van der Waals surface area contributed by atoms with Gasteiger partial charge in [0.2, 0.25) is 0 Å². The van der Waals surface area contributed by atoms with Gasteiger partial charge in [-0.3, -0.25) is 14.9 Å². The first kappa shape index (κ1) is 19.2. The zero-order valence-corrected chi connectivity index (χ0v) is 15.1. The maximum Gasteiger partial charge on any atom is 0.293 e. The Kier molecular flexibility index (Phi) is 6.49. The van der Waals surface area contributed by atoms with Crippen molar-refractivity contribution in [2.45, 2.75) is 20.4 Å². The van der Waals surface area contributed by atoms with E-state index in [4.69, 9.17) is 0 Å². The number of nitrogens with zero attached hydrogens (tertiary/aromatic N) is 2. The molecule has 1 N–H and O–H groups in total. The van der Waals surface area contributed by atoms with E-state index in [2.05, 4.69) is 11.9 Å². The summed E-state index contributed by atoms with van der Waals surface area (Å²) in [6.07, 6.45) is 0. The average molecular weight is 353 g/mol. The SMILES string of the molecule is C=C(C)CN(CC)C(=O)c1ccc(NCc2ccccc2)c([N+](=O)[O-])c1. The third-order valence-electron chi connectivity index (χ3n) is 3.90. The van der Waals surface area contributed by atoms with E-state index < -0.39 is 4.92 Å². The lowest BCUT2D eigenvalue weighted by Gasteiger charge is -2.21. The van der Waals surface area contributed by atoms with Crippen LogP contribution in [0.15, 0.2) is 60.7 Å². The maximum absolute atomic E-state index is 12.6. The zero-order chi connectivity index (χ0) is 19.1. The molecular weight excluding hydrogens is 330 g/mol. The first-order valence-electron chi connectivity index (χ1n) is 8.42. The van der Waals surface area contributed by atoms with E-state index in [1.165, 1.54) is 6.07 Å². The lowest BCUT2D eigenvalue weighted by molar-refractivity contribution is -0.384. The number of nitrogens with one attached hydrogen (secondary N) is 1. The molecule has 0 aliphatic carbocycles. The van der Waals surface area contributed by atoms with Crippen molar-refractivity contribution in [1.29, 1.82) is 0 Å². The van der Waals surface area contributed by atoms with Gasteiger partial charge >= 0.3 is 0 Å². The van der Waals surface area contributed by atoms with E-state index in [0.717, 1.165) is 11.1 Å². The molecule has 0 aliphatic rings. The molecule has 0 fully saturated rings. The molecule has 0 unspecified atom stereocenters. The van der Waals surface area contributed by atoms with E-state index in [9.17, 15) is 14.9 Å². The lowest BCUT2D eigenvalue weighted by atomic mass is 10.1. The number of anilines is 1. The van der Waals surface area contributed by atoms with Gasteiger partial charge in [-0.2, -0.15) is 0 Å². The molecule has 2 rings (SSSR count). The summed E-state index contributed by atoms with van der Waals surface area (Å²) in [7, 11) is 0. The van der Waals surface area contributed by atoms with Gasteiger partial charge in [0.15, 0.2) is 0 Å². The molecule has 0 aliphatic heterocycles. The second-order valence-corrected chi connectivity index (χ2v) is 6.10. The summed E-state index contributed by atoms with van der Waals surface area (Å²) in [5.74, 6) is -0.242. The van der Waals surface area contributed by atoms with Crippen LogP contribution >= 0.6 is 0 Å². The maximum atomic E-state index is 12.6. The molecule has 0 aromatic heterocycles. The number of carbonyl (C=O) groups excluding carboxylic acids is 1. The Morgan fingerprint density at radius 2 is 1.92 bits per heavy atom. The molecule has 0 saturated heterocycles. The number of hydrogen-bond donors (Lipinski definition) is 1. The Morgan fingerprint density at radius 3 is 2.50 bits per heavy atom. The molecular formula is C20H23N3O3. The summed E-state index contributed by atoms with van der Waals surface area (Å²) in [4.78, 5) is 25.2. The fourth-order valence-corrected chi connectivity index (χ4v) is 2.59. The third-order valence-corrected chi connectivity index (χ3v) is 3.90. The van der Waals surface area contributed by atoms with Gasteiger partial charge in [0.05, 0.1) is 4.92 Å². The van der Waals surface area contributed by atoms with Crippen LogP contribution in [0.2, 0.25) is 0 Å². The smallest absolute Gasteiger partial charge is 0.293 e. The highest BCUT2D eigenvalue weighted by Gasteiger charge is 2.20. The van der Waals surface area contributed by atoms with Crippen LogP contribution in [0.1, 0.15) is 29.8 Å². The molecule has 6 nitrogen and oxygen atoms in total. The largest absolute Gasteiger partial charge is 0.375 e. The van der Waals surface area contributed by atoms with Crippen LogP contribution in [0.3, 0.4) is 0 Å². The van der Waals surface area contributed by atoms with Gasteiger partial charge in [-0.1, -0.05) is 42.5 Å². The van der Waals surface area contributed by atoms with Crippen molar-refractivity contribution in [3.8, 4) is 0 Å². The highest BCUT2D eigenvalue weighted by Crippen LogP contribution is 2.27. The summed E-state index contributed by atoms with van der Waals surface area (Å²) in [5, 5.41) is 14.5. The summed E-state index contributed by atoms with van der Waals surface area (Å²) in [6, 6.07) is 14.1. The van der Waals surface area contributed by atoms with Gasteiger partial charge in [-0.05, 0) is 31.5 Å². The number of benzene rings is 2. The number of amides is 1. The monoisotopic (exact) mass is 353 g/mol. The van der Waals surface area contributed by atoms with Crippen LogP contribution in [0, 0.1) is 10.1 Å². The van der Waals surface area contributed by atoms with Crippen LogP contribution < -0.4 is 5.32 Å². The molecule has 6 heteroatoms. The van der Waals surface area contributed by atoms with E-state index in [1.807, 2.05) is 44.2 Å². The van der Waals surface area contributed by atoms with Crippen molar-refractivity contribution in [3.05, 3.63) is 81.9 Å². The van der Waals surface area contributed by atoms with Crippen molar-refractivity contribution in [1.82, 2.24) is 4.90 Å². The average Bonchev–Trinajstić information content (AvgIpc) is 2.64. The Bertz CT molecular complexity index is 803. The minimum Gasteiger partial charge on any atom is -0.375 e. The number of hydrogen-bond acceptors (Lipinski definition) is 4. The molecule has 0 saturated carbocycles. The zero-order valence-electron chi connectivity index (χ0n) is 15.1. The summed E-state index contributed by atoms with van der Waals surface area (Å²) in [5.41, 5.74) is 2.44. The summed E-state index contributed by atoms with van der Waals surface area (Å²) in [6.45, 7) is 8.93. The first-order chi connectivity index (χ1) is 12.4. The van der Waals surface area contributed by atoms with E-state index >= 15 is 0 Å². The Labute approximate surface area is 153 Å². The minimum absolute atomic E-state index is 0.113. The number of likely N-dealkylation sites (N-methyl/N-ethyl adjacent to an activating group) is 1. The normalized spacial score (nSPS) is 10.2. The first-order valence-corrected chi connectivity index (χ1v) is 8.42. The Balaban J connectivity index is 2.23. The van der Waals surface area contributed by atoms with Crippen molar-refractivity contribution in [2.75, 3.05) is 18.4 Å². The molecule has 0 bridgehead atoms. The lowest BCUT2D eigenvalue weighted by Crippen LogP contribution is -2.32. The van der Waals surface area contributed by atoms with Crippen LogP contribution in [0.4, 0.5) is 11.4 Å². The van der Waals surface area contributed by atoms with Crippen molar-refractivity contribution in [3.63, 3.8) is 0 Å². The van der Waals surface area contributed by atoms with Crippen LogP contribution in [-0.2, 0) is 6.54 Å². The molecule has 0 heterocycles. The fraction of sp³-hybridized carbons (Fsp3) is 0.250. The quantitative estimate of drug-likeness (QED) is 0.437. The molecule has 136 valence electrons. The van der Waals surface area contributed by atoms with Crippen molar-refractivity contribution >= 4 is 17.3 Å². The standard InChI is InChI=1S/C20H23N3O3/c1-4-22(14-15(2)3)20(24)17-10-11-18(19(12-17)23(25)26)21-13-16-8-6-5-7-9-16/h5-12,21H,2,4,13-14H2,1,3H3. The Morgan fingerprint density at radius 1 is 1.23 bits per heavy atom. The topological polar surface area (TPSA) is 75.5 Å². The number of carbonyl (C=O) groups is 1. The molecule has 26 heavy (non-hydrogen) atoms. The Hall–Kier alpha value is -3.15. The highest BCUT2D eigenvalue weighted by atomic mass is 16.6. The molecule has 0 spiro atoms. The van der Waals surface area contributed by atoms with Gasteiger partial charge in [0, 0.05) is 31.3 Å². The van der Waals surface area contributed by atoms with E-state index in [-0.39, 0.29) is 11.6 Å². The van der Waals surface area contributed by atoms with Crippen molar-refractivity contribution < 1.29 is 9.72 Å². The summed E-state index contributed by atoms with van der Waals surface area (Å²) >= 11 is 0. The second-order valence-electron chi connectivity index (χ2n) is 6.10. The number of nitro benzene ring substituents is 1. The molecule has 1 amide bonds. The van der Waals surface area contributed by atoms with E-state index in [0.29, 0.717) is 30.9 Å². The fourth-order valence-electron chi connectivity index (χ4n) is 2.59. The van der Waals surface area contributed by atoms with Gasteiger partial charge in [-0.15, -0.1) is 0 Å². The number of rotatable bonds is 8. The number of nitro groups is 1. The van der Waals surface area contributed by atoms with Gasteiger partial charge < -0.3 is 10.2 Å². The van der Waals surface area contributed by atoms with Crippen LogP contribution in [0.5, 0.6) is 0 Å². The van der Waals surface area contributed by atoms with Gasteiger partial charge in [-0.25, -0.2) is 0 Å². The van der Waals surface area contributed by atoms with Gasteiger partial charge in [0.25, 0.3) is 11.6 Å². The molecule has 0 radical (unpaired) electrons. The minimum atomic E-state index is -0.473. The predicted molar refractivity (Wildman–Crippen MR) is 103 cm³/mol. The molecule has 0 atom stereocenters. The van der Waals surface area contributed by atoms with Gasteiger partial charge in [0.1, 0.15) is 5.69 Å². The second kappa shape index (κ2) is 8.80. The van der Waals surface area contributed by atoms with Crippen LogP contribution in [-0.4, -0.2) is 28.8 Å². The van der Waals surface area contributed by atoms with Crippen molar-refractivity contribution in [2.24, 2.45) is 0 Å². The molecule has 2 aromatic rings. The van der Waals surface area contributed by atoms with E-state index in [1.54, 1.807) is 17.0 Å². The highest BCUT2D eigenvalue weighted by molar-refractivity contribution is 5.96. The summed E-state index contributed by atoms with van der Waals surface area (Å²) < 4.78 is 0. The predicted octanol–water partition coefficient (Wildman–Crippen LogP) is 4.25. The third kappa shape index (κ3) is 4.92. The molecule has 2 aromatic carbocycles. The van der Waals surface area contributed by atoms with Crippen LogP contribution in [0.25, 0.3) is 0 Å².